The van der Waals surface area contributed by atoms with E-state index in [1.54, 1.807) is 87.0 Å². The van der Waals surface area contributed by atoms with Crippen molar-refractivity contribution in [3.05, 3.63) is 94.0 Å². The number of thioether (sulfide) groups is 1. The molecule has 0 spiro atoms. The van der Waals surface area contributed by atoms with Gasteiger partial charge in [0.2, 0.25) is 0 Å². The molecule has 0 atom stereocenters. The smallest absolute Gasteiger partial charge is 0.278 e. The van der Waals surface area contributed by atoms with Crippen LogP contribution in [0.3, 0.4) is 0 Å². The molecule has 1 aliphatic heterocycles. The molecule has 196 valence electrons. The van der Waals surface area contributed by atoms with E-state index in [4.69, 9.17) is 21.1 Å². The van der Waals surface area contributed by atoms with Crippen molar-refractivity contribution >= 4 is 52.5 Å². The summed E-state index contributed by atoms with van der Waals surface area (Å²) >= 11 is 7.30. The standard InChI is InChI=1S/C28H26ClN3O5S/c1-36-16-6-15-32-27(34)24(30-18-11-13-20(37-2)14-12-18)25(28(32)35)38-21-8-5-7-19(17-21)31-26(33)22-9-3-4-10-23(22)29/h3-5,7-14,17,30H,6,15-16H2,1-2H3,(H,31,33). The largest absolute Gasteiger partial charge is 0.497 e. The molecule has 0 bridgehead atoms. The lowest BCUT2D eigenvalue weighted by Crippen LogP contribution is -2.33. The SMILES string of the molecule is COCCCN1C(=O)C(Nc2ccc(OC)cc2)=C(Sc2cccc(NC(=O)c3ccccc3Cl)c2)C1=O. The lowest BCUT2D eigenvalue weighted by atomic mass is 10.2. The van der Waals surface area contributed by atoms with Crippen molar-refractivity contribution in [3.63, 3.8) is 0 Å². The Kier molecular flexibility index (Phi) is 9.06. The topological polar surface area (TPSA) is 97.0 Å². The average molecular weight is 552 g/mol. The summed E-state index contributed by atoms with van der Waals surface area (Å²) in [5.41, 5.74) is 1.70. The van der Waals surface area contributed by atoms with Crippen LogP contribution in [0, 0.1) is 0 Å². The predicted octanol–water partition coefficient (Wildman–Crippen LogP) is 5.42. The summed E-state index contributed by atoms with van der Waals surface area (Å²) in [7, 11) is 3.14. The summed E-state index contributed by atoms with van der Waals surface area (Å²) in [4.78, 5) is 41.5. The fourth-order valence-corrected chi connectivity index (χ4v) is 4.97. The molecule has 3 amide bonds. The van der Waals surface area contributed by atoms with E-state index in [0.717, 1.165) is 11.8 Å². The normalized spacial score (nSPS) is 13.2. The van der Waals surface area contributed by atoms with Gasteiger partial charge in [0.25, 0.3) is 17.7 Å². The van der Waals surface area contributed by atoms with Gasteiger partial charge < -0.3 is 20.1 Å². The number of imide groups is 1. The first-order valence-electron chi connectivity index (χ1n) is 11.8. The number of amides is 3. The minimum absolute atomic E-state index is 0.188. The van der Waals surface area contributed by atoms with Crippen molar-refractivity contribution in [1.29, 1.82) is 0 Å². The molecule has 0 unspecified atom stereocenters. The maximum absolute atomic E-state index is 13.3. The number of hydrogen-bond acceptors (Lipinski definition) is 7. The van der Waals surface area contributed by atoms with Crippen molar-refractivity contribution in [1.82, 2.24) is 4.90 Å². The number of carbonyl (C=O) groups excluding carboxylic acids is 3. The van der Waals surface area contributed by atoms with Gasteiger partial charge in [-0.2, -0.15) is 0 Å². The van der Waals surface area contributed by atoms with Gasteiger partial charge >= 0.3 is 0 Å². The van der Waals surface area contributed by atoms with Crippen LogP contribution in [-0.2, 0) is 14.3 Å². The van der Waals surface area contributed by atoms with Crippen LogP contribution in [0.15, 0.2) is 88.3 Å². The third kappa shape index (κ3) is 6.36. The number of rotatable bonds is 11. The highest BCUT2D eigenvalue weighted by atomic mass is 35.5. The van der Waals surface area contributed by atoms with E-state index < -0.39 is 11.8 Å². The summed E-state index contributed by atoms with van der Waals surface area (Å²) in [6.45, 7) is 0.658. The molecule has 3 aromatic rings. The molecule has 3 aromatic carbocycles. The third-order valence-electron chi connectivity index (χ3n) is 5.65. The Labute approximate surface area is 229 Å². The second-order valence-corrected chi connectivity index (χ2v) is 9.72. The van der Waals surface area contributed by atoms with Gasteiger partial charge in [-0.3, -0.25) is 19.3 Å². The molecule has 0 radical (unpaired) electrons. The summed E-state index contributed by atoms with van der Waals surface area (Å²) in [6, 6.07) is 20.9. The highest BCUT2D eigenvalue weighted by Crippen LogP contribution is 2.37. The quantitative estimate of drug-likeness (QED) is 0.242. The minimum Gasteiger partial charge on any atom is -0.497 e. The number of nitrogens with one attached hydrogen (secondary N) is 2. The van der Waals surface area contributed by atoms with E-state index in [2.05, 4.69) is 10.6 Å². The van der Waals surface area contributed by atoms with E-state index in [1.165, 1.54) is 4.90 Å². The van der Waals surface area contributed by atoms with Crippen LogP contribution in [-0.4, -0.2) is 50.0 Å². The van der Waals surface area contributed by atoms with Crippen LogP contribution in [0.2, 0.25) is 5.02 Å². The molecule has 2 N–H and O–H groups in total. The fraction of sp³-hybridized carbons (Fsp3) is 0.179. The highest BCUT2D eigenvalue weighted by molar-refractivity contribution is 8.04. The first kappa shape index (κ1) is 27.3. The van der Waals surface area contributed by atoms with Gasteiger partial charge in [0.15, 0.2) is 0 Å². The van der Waals surface area contributed by atoms with Gasteiger partial charge in [-0.15, -0.1) is 0 Å². The Bertz CT molecular complexity index is 1380. The molecular formula is C28H26ClN3O5S. The molecule has 0 fully saturated rings. The summed E-state index contributed by atoms with van der Waals surface area (Å²) in [5, 5.41) is 6.29. The van der Waals surface area contributed by atoms with Crippen molar-refractivity contribution < 1.29 is 23.9 Å². The molecule has 0 saturated carbocycles. The zero-order valence-electron chi connectivity index (χ0n) is 20.8. The van der Waals surface area contributed by atoms with Crippen LogP contribution in [0.4, 0.5) is 11.4 Å². The second-order valence-electron chi connectivity index (χ2n) is 8.23. The number of nitrogens with zero attached hydrogens (tertiary/aromatic N) is 1. The van der Waals surface area contributed by atoms with Gasteiger partial charge in [0, 0.05) is 36.5 Å². The molecule has 0 aromatic heterocycles. The Morgan fingerprint density at radius 1 is 0.947 bits per heavy atom. The minimum atomic E-state index is -0.410. The zero-order chi connectivity index (χ0) is 27.1. The highest BCUT2D eigenvalue weighted by Gasteiger charge is 2.38. The molecule has 1 heterocycles. The lowest BCUT2D eigenvalue weighted by Gasteiger charge is -2.14. The number of ether oxygens (including phenoxy) is 2. The van der Waals surface area contributed by atoms with Gasteiger partial charge in [-0.1, -0.05) is 41.6 Å². The Hall–Kier alpha value is -3.79. The Balaban J connectivity index is 1.59. The molecule has 10 heteroatoms. The molecule has 4 rings (SSSR count). The summed E-state index contributed by atoms with van der Waals surface area (Å²) in [6.07, 6.45) is 0.519. The zero-order valence-corrected chi connectivity index (χ0v) is 22.4. The van der Waals surface area contributed by atoms with Crippen molar-refractivity contribution in [2.45, 2.75) is 11.3 Å². The van der Waals surface area contributed by atoms with Crippen molar-refractivity contribution in [2.24, 2.45) is 0 Å². The third-order valence-corrected chi connectivity index (χ3v) is 7.05. The van der Waals surface area contributed by atoms with Crippen molar-refractivity contribution in [2.75, 3.05) is 38.0 Å². The van der Waals surface area contributed by atoms with E-state index in [-0.39, 0.29) is 23.1 Å². The van der Waals surface area contributed by atoms with Crippen LogP contribution >= 0.6 is 23.4 Å². The average Bonchev–Trinajstić information content (AvgIpc) is 3.13. The van der Waals surface area contributed by atoms with Gasteiger partial charge in [-0.25, -0.2) is 0 Å². The predicted molar refractivity (Wildman–Crippen MR) is 149 cm³/mol. The van der Waals surface area contributed by atoms with Crippen LogP contribution in [0.25, 0.3) is 0 Å². The monoisotopic (exact) mass is 551 g/mol. The number of hydrogen-bond donors (Lipinski definition) is 2. The van der Waals surface area contributed by atoms with Crippen LogP contribution in [0.1, 0.15) is 16.8 Å². The molecule has 38 heavy (non-hydrogen) atoms. The second kappa shape index (κ2) is 12.6. The van der Waals surface area contributed by atoms with E-state index in [1.807, 2.05) is 0 Å². The molecule has 0 saturated heterocycles. The number of anilines is 2. The number of benzene rings is 3. The van der Waals surface area contributed by atoms with Gasteiger partial charge in [0.05, 0.1) is 17.7 Å². The maximum atomic E-state index is 13.3. The maximum Gasteiger partial charge on any atom is 0.278 e. The summed E-state index contributed by atoms with van der Waals surface area (Å²) in [5.74, 6) is -0.481. The molecule has 1 aliphatic rings. The van der Waals surface area contributed by atoms with Crippen LogP contribution in [0.5, 0.6) is 5.75 Å². The fourth-order valence-electron chi connectivity index (χ4n) is 3.75. The van der Waals surface area contributed by atoms with E-state index >= 15 is 0 Å². The lowest BCUT2D eigenvalue weighted by molar-refractivity contribution is -0.137. The van der Waals surface area contributed by atoms with E-state index in [0.29, 0.717) is 45.6 Å². The number of carbonyl (C=O) groups is 3. The van der Waals surface area contributed by atoms with Crippen molar-refractivity contribution in [3.8, 4) is 5.75 Å². The van der Waals surface area contributed by atoms with E-state index in [9.17, 15) is 14.4 Å². The summed E-state index contributed by atoms with van der Waals surface area (Å²) < 4.78 is 10.3. The first-order valence-corrected chi connectivity index (χ1v) is 12.9. The molecular weight excluding hydrogens is 526 g/mol. The number of halogens is 1. The first-order chi connectivity index (χ1) is 18.4. The van der Waals surface area contributed by atoms with Gasteiger partial charge in [-0.05, 0) is 61.0 Å². The Morgan fingerprint density at radius 2 is 1.71 bits per heavy atom. The number of methoxy groups -OCH3 is 2. The molecule has 8 nitrogen and oxygen atoms in total. The van der Waals surface area contributed by atoms with Gasteiger partial charge in [0.1, 0.15) is 16.4 Å². The Morgan fingerprint density at radius 3 is 2.42 bits per heavy atom. The molecule has 0 aliphatic carbocycles. The van der Waals surface area contributed by atoms with Crippen LogP contribution < -0.4 is 15.4 Å².